The first kappa shape index (κ1) is 12.0. The van der Waals surface area contributed by atoms with Gasteiger partial charge in [-0.25, -0.2) is 4.79 Å². The molecule has 1 rings (SSSR count). The van der Waals surface area contributed by atoms with Gasteiger partial charge in [0.2, 0.25) is 0 Å². The highest BCUT2D eigenvalue weighted by molar-refractivity contribution is 5.92. The van der Waals surface area contributed by atoms with Gasteiger partial charge in [0.25, 0.3) is 0 Å². The molecule has 0 atom stereocenters. The average molecular weight is 215 g/mol. The maximum absolute atomic E-state index is 11.1. The second-order valence-corrected chi connectivity index (χ2v) is 3.25. The zero-order chi connectivity index (χ0) is 11.8. The van der Waals surface area contributed by atoms with E-state index in [1.54, 1.807) is 6.08 Å². The summed E-state index contributed by atoms with van der Waals surface area (Å²) in [5.74, 6) is -0.574. The number of methoxy groups -OCH3 is 1. The molecule has 0 saturated heterocycles. The number of nitriles is 1. The van der Waals surface area contributed by atoms with E-state index in [-0.39, 0.29) is 5.57 Å². The van der Waals surface area contributed by atoms with Crippen molar-refractivity contribution in [1.82, 2.24) is 0 Å². The maximum Gasteiger partial charge on any atom is 0.348 e. The number of carbonyl (C=O) groups is 1. The van der Waals surface area contributed by atoms with Crippen molar-refractivity contribution < 1.29 is 9.53 Å². The second kappa shape index (κ2) is 6.41. The Kier molecular flexibility index (Phi) is 4.81. The molecule has 1 aromatic rings. The van der Waals surface area contributed by atoms with Gasteiger partial charge < -0.3 is 4.74 Å². The van der Waals surface area contributed by atoms with Gasteiger partial charge in [0.05, 0.1) is 7.11 Å². The molecule has 3 heteroatoms. The van der Waals surface area contributed by atoms with Gasteiger partial charge in [-0.3, -0.25) is 0 Å². The Balaban J connectivity index is 2.54. The van der Waals surface area contributed by atoms with Crippen LogP contribution in [-0.2, 0) is 16.0 Å². The predicted octanol–water partition coefficient (Wildman–Crippen LogP) is 2.24. The number of hydrogen-bond donors (Lipinski definition) is 0. The van der Waals surface area contributed by atoms with Crippen LogP contribution in [0.5, 0.6) is 0 Å². The lowest BCUT2D eigenvalue weighted by atomic mass is 10.1. The van der Waals surface area contributed by atoms with E-state index >= 15 is 0 Å². The summed E-state index contributed by atoms with van der Waals surface area (Å²) in [7, 11) is 1.27. The summed E-state index contributed by atoms with van der Waals surface area (Å²) >= 11 is 0. The lowest BCUT2D eigenvalue weighted by molar-refractivity contribution is -0.135. The van der Waals surface area contributed by atoms with Gasteiger partial charge >= 0.3 is 5.97 Å². The number of esters is 1. The molecule has 3 nitrogen and oxygen atoms in total. The fraction of sp³-hybridized carbons (Fsp3) is 0.231. The molecule has 0 aliphatic rings. The highest BCUT2D eigenvalue weighted by atomic mass is 16.5. The third kappa shape index (κ3) is 3.58. The molecule has 0 aliphatic carbocycles. The van der Waals surface area contributed by atoms with Crippen LogP contribution in [0.25, 0.3) is 0 Å². The van der Waals surface area contributed by atoms with E-state index in [9.17, 15) is 4.79 Å². The Morgan fingerprint density at radius 1 is 1.44 bits per heavy atom. The van der Waals surface area contributed by atoms with Gasteiger partial charge in [0.1, 0.15) is 11.6 Å². The molecule has 0 bridgehead atoms. The van der Waals surface area contributed by atoms with E-state index in [2.05, 4.69) is 4.74 Å². The van der Waals surface area contributed by atoms with Crippen LogP contribution >= 0.6 is 0 Å². The van der Waals surface area contributed by atoms with Crippen molar-refractivity contribution >= 4 is 5.97 Å². The van der Waals surface area contributed by atoms with Crippen LogP contribution in [0, 0.1) is 11.3 Å². The first-order valence-corrected chi connectivity index (χ1v) is 5.00. The first-order valence-electron chi connectivity index (χ1n) is 5.00. The molecule has 16 heavy (non-hydrogen) atoms. The molecule has 0 spiro atoms. The number of benzene rings is 1. The molecular weight excluding hydrogens is 202 g/mol. The van der Waals surface area contributed by atoms with Crippen molar-refractivity contribution in [3.63, 3.8) is 0 Å². The van der Waals surface area contributed by atoms with Gasteiger partial charge in [-0.2, -0.15) is 5.26 Å². The summed E-state index contributed by atoms with van der Waals surface area (Å²) in [5.41, 5.74) is 1.25. The molecule has 0 fully saturated rings. The second-order valence-electron chi connectivity index (χ2n) is 3.25. The summed E-state index contributed by atoms with van der Waals surface area (Å²) in [6.45, 7) is 0. The van der Waals surface area contributed by atoms with E-state index in [0.717, 1.165) is 6.42 Å². The molecule has 0 amide bonds. The fourth-order valence-electron chi connectivity index (χ4n) is 1.31. The van der Waals surface area contributed by atoms with Crippen molar-refractivity contribution in [3.05, 3.63) is 47.5 Å². The summed E-state index contributed by atoms with van der Waals surface area (Å²) in [6.07, 6.45) is 3.07. The number of hydrogen-bond acceptors (Lipinski definition) is 3. The molecule has 1 aromatic carbocycles. The maximum atomic E-state index is 11.1. The molecular formula is C13H13NO2. The van der Waals surface area contributed by atoms with Crippen molar-refractivity contribution in [2.75, 3.05) is 7.11 Å². The monoisotopic (exact) mass is 215 g/mol. The van der Waals surface area contributed by atoms with E-state index in [1.165, 1.54) is 12.7 Å². The van der Waals surface area contributed by atoms with Gasteiger partial charge in [0, 0.05) is 0 Å². The molecule has 0 aromatic heterocycles. The first-order chi connectivity index (χ1) is 7.77. The Labute approximate surface area is 95.0 Å². The Hall–Kier alpha value is -2.08. The lowest BCUT2D eigenvalue weighted by Gasteiger charge is -1.98. The number of rotatable bonds is 4. The molecule has 0 unspecified atom stereocenters. The highest BCUT2D eigenvalue weighted by Gasteiger charge is 2.06. The standard InChI is InChI=1S/C13H13NO2/c1-16-13(15)12(10-14)9-5-8-11-6-3-2-4-7-11/h2-4,6-7,9H,5,8H2,1H3/b12-9-. The summed E-state index contributed by atoms with van der Waals surface area (Å²) in [4.78, 5) is 11.1. The van der Waals surface area contributed by atoms with Crippen LogP contribution in [0.15, 0.2) is 42.0 Å². The summed E-state index contributed by atoms with van der Waals surface area (Å²) < 4.78 is 4.48. The minimum absolute atomic E-state index is 0.0680. The van der Waals surface area contributed by atoms with Crippen LogP contribution in [0.4, 0.5) is 0 Å². The number of nitrogens with zero attached hydrogens (tertiary/aromatic N) is 1. The van der Waals surface area contributed by atoms with Gasteiger partial charge in [-0.1, -0.05) is 36.4 Å². The van der Waals surface area contributed by atoms with E-state index in [1.807, 2.05) is 36.4 Å². The third-order valence-corrected chi connectivity index (χ3v) is 2.15. The molecule has 0 N–H and O–H groups in total. The smallest absolute Gasteiger partial charge is 0.348 e. The minimum Gasteiger partial charge on any atom is -0.465 e. The average Bonchev–Trinajstić information content (AvgIpc) is 2.35. The van der Waals surface area contributed by atoms with Crippen LogP contribution < -0.4 is 0 Å². The zero-order valence-corrected chi connectivity index (χ0v) is 9.14. The predicted molar refractivity (Wildman–Crippen MR) is 60.5 cm³/mol. The van der Waals surface area contributed by atoms with Crippen LogP contribution in [0.2, 0.25) is 0 Å². The number of ether oxygens (including phenoxy) is 1. The number of aryl methyl sites for hydroxylation is 1. The summed E-state index contributed by atoms with van der Waals surface area (Å²) in [5, 5.41) is 8.71. The van der Waals surface area contributed by atoms with E-state index in [0.29, 0.717) is 6.42 Å². The van der Waals surface area contributed by atoms with Crippen LogP contribution in [0.1, 0.15) is 12.0 Å². The van der Waals surface area contributed by atoms with E-state index < -0.39 is 5.97 Å². The van der Waals surface area contributed by atoms with Gasteiger partial charge in [-0.05, 0) is 18.4 Å². The SMILES string of the molecule is COC(=O)/C(C#N)=C\CCc1ccccc1. The number of allylic oxidation sites excluding steroid dienone is 1. The van der Waals surface area contributed by atoms with Crippen molar-refractivity contribution in [2.24, 2.45) is 0 Å². The number of carbonyl (C=O) groups excluding carboxylic acids is 1. The Bertz CT molecular complexity index is 415. The van der Waals surface area contributed by atoms with Crippen molar-refractivity contribution in [3.8, 4) is 6.07 Å². The van der Waals surface area contributed by atoms with Crippen molar-refractivity contribution in [1.29, 1.82) is 5.26 Å². The molecule has 0 aliphatic heterocycles. The third-order valence-electron chi connectivity index (χ3n) is 2.15. The fourth-order valence-corrected chi connectivity index (χ4v) is 1.31. The summed E-state index contributed by atoms with van der Waals surface area (Å²) in [6, 6.07) is 11.7. The minimum atomic E-state index is -0.574. The lowest BCUT2D eigenvalue weighted by Crippen LogP contribution is -2.02. The van der Waals surface area contributed by atoms with Crippen LogP contribution in [-0.4, -0.2) is 13.1 Å². The largest absolute Gasteiger partial charge is 0.465 e. The molecule has 82 valence electrons. The normalized spacial score (nSPS) is 10.6. The molecule has 0 heterocycles. The molecule has 0 saturated carbocycles. The van der Waals surface area contributed by atoms with E-state index in [4.69, 9.17) is 5.26 Å². The Morgan fingerprint density at radius 2 is 2.12 bits per heavy atom. The topological polar surface area (TPSA) is 50.1 Å². The Morgan fingerprint density at radius 3 is 2.69 bits per heavy atom. The quantitative estimate of drug-likeness (QED) is 0.439. The van der Waals surface area contributed by atoms with Crippen molar-refractivity contribution in [2.45, 2.75) is 12.8 Å². The highest BCUT2D eigenvalue weighted by Crippen LogP contribution is 2.05. The van der Waals surface area contributed by atoms with Crippen LogP contribution in [0.3, 0.4) is 0 Å². The van der Waals surface area contributed by atoms with Gasteiger partial charge in [0.15, 0.2) is 0 Å². The van der Waals surface area contributed by atoms with Gasteiger partial charge in [-0.15, -0.1) is 0 Å². The molecule has 0 radical (unpaired) electrons. The zero-order valence-electron chi connectivity index (χ0n) is 9.14.